The zero-order valence-electron chi connectivity index (χ0n) is 7.27. The molecule has 1 aromatic carbocycles. The lowest BCUT2D eigenvalue weighted by atomic mass is 10.2. The van der Waals surface area contributed by atoms with E-state index < -0.39 is 0 Å². The maximum absolute atomic E-state index is 4.22. The zero-order chi connectivity index (χ0) is 8.65. The molecule has 0 saturated carbocycles. The van der Waals surface area contributed by atoms with Gasteiger partial charge in [0.05, 0.1) is 6.54 Å². The first kappa shape index (κ1) is 8.72. The Labute approximate surface area is 73.5 Å². The number of hydrogen-bond donors (Lipinski definition) is 0. The van der Waals surface area contributed by atoms with Crippen molar-refractivity contribution in [3.63, 3.8) is 0 Å². The minimum Gasteiger partial charge on any atom is -0.288 e. The van der Waals surface area contributed by atoms with E-state index in [1.807, 2.05) is 43.5 Å². The monoisotopic (exact) mass is 159 g/mol. The van der Waals surface area contributed by atoms with Gasteiger partial charge in [-0.25, -0.2) is 0 Å². The van der Waals surface area contributed by atoms with Crippen molar-refractivity contribution in [2.24, 2.45) is 4.99 Å². The highest BCUT2D eigenvalue weighted by Gasteiger charge is 1.84. The van der Waals surface area contributed by atoms with Crippen molar-refractivity contribution in [3.8, 4) is 0 Å². The Kier molecular flexibility index (Phi) is 3.86. The number of rotatable bonds is 3. The molecule has 1 rings (SSSR count). The molecule has 0 amide bonds. The van der Waals surface area contributed by atoms with Gasteiger partial charge in [0.2, 0.25) is 0 Å². The summed E-state index contributed by atoms with van der Waals surface area (Å²) in [5.74, 6) is 0. The number of allylic oxidation sites excluding steroid dienone is 2. The Hall–Kier alpha value is -1.37. The third-order valence-corrected chi connectivity index (χ3v) is 1.50. The van der Waals surface area contributed by atoms with Crippen molar-refractivity contribution in [2.45, 2.75) is 13.5 Å². The van der Waals surface area contributed by atoms with E-state index in [9.17, 15) is 0 Å². The Bertz CT molecular complexity index is 260. The van der Waals surface area contributed by atoms with Crippen LogP contribution in [0.3, 0.4) is 0 Å². The fourth-order valence-electron chi connectivity index (χ4n) is 0.888. The molecule has 1 aromatic rings. The lowest BCUT2D eigenvalue weighted by Crippen LogP contribution is -1.79. The van der Waals surface area contributed by atoms with Crippen LogP contribution in [0.1, 0.15) is 12.5 Å². The second-order valence-electron chi connectivity index (χ2n) is 2.50. The molecule has 12 heavy (non-hydrogen) atoms. The molecule has 0 aliphatic rings. The summed E-state index contributed by atoms with van der Waals surface area (Å²) in [6.07, 6.45) is 5.73. The lowest BCUT2D eigenvalue weighted by Gasteiger charge is -1.92. The standard InChI is InChI=1S/C11H13N/c1-2-3-9-12-10-11-7-5-4-6-8-11/h2-9H,10H2,1H3/b3-2+,12-9+. The van der Waals surface area contributed by atoms with Crippen LogP contribution in [0.4, 0.5) is 0 Å². The van der Waals surface area contributed by atoms with Gasteiger partial charge in [0.25, 0.3) is 0 Å². The molecule has 1 heteroatoms. The normalized spacial score (nSPS) is 11.4. The van der Waals surface area contributed by atoms with E-state index in [0.29, 0.717) is 0 Å². The number of aliphatic imine (C=N–C) groups is 1. The van der Waals surface area contributed by atoms with Crippen LogP contribution in [0, 0.1) is 0 Å². The summed E-state index contributed by atoms with van der Waals surface area (Å²) in [4.78, 5) is 4.22. The molecule has 0 bridgehead atoms. The quantitative estimate of drug-likeness (QED) is 0.601. The van der Waals surface area contributed by atoms with Crippen LogP contribution in [-0.4, -0.2) is 6.21 Å². The highest BCUT2D eigenvalue weighted by Crippen LogP contribution is 1.98. The van der Waals surface area contributed by atoms with Gasteiger partial charge in [0.1, 0.15) is 0 Å². The topological polar surface area (TPSA) is 12.4 Å². The molecule has 62 valence electrons. The van der Waals surface area contributed by atoms with Gasteiger partial charge >= 0.3 is 0 Å². The van der Waals surface area contributed by atoms with Gasteiger partial charge < -0.3 is 0 Å². The second-order valence-corrected chi connectivity index (χ2v) is 2.50. The van der Waals surface area contributed by atoms with Gasteiger partial charge in [-0.15, -0.1) is 0 Å². The van der Waals surface area contributed by atoms with E-state index in [1.54, 1.807) is 0 Å². The summed E-state index contributed by atoms with van der Waals surface area (Å²) >= 11 is 0. The van der Waals surface area contributed by atoms with E-state index in [1.165, 1.54) is 5.56 Å². The molecule has 0 saturated heterocycles. The Morgan fingerprint density at radius 3 is 2.67 bits per heavy atom. The van der Waals surface area contributed by atoms with E-state index in [0.717, 1.165) is 6.54 Å². The van der Waals surface area contributed by atoms with Gasteiger partial charge in [-0.2, -0.15) is 0 Å². The molecule has 0 atom stereocenters. The molecular weight excluding hydrogens is 146 g/mol. The molecular formula is C11H13N. The van der Waals surface area contributed by atoms with E-state index in [-0.39, 0.29) is 0 Å². The fraction of sp³-hybridized carbons (Fsp3) is 0.182. The first-order valence-electron chi connectivity index (χ1n) is 4.08. The van der Waals surface area contributed by atoms with Crippen LogP contribution >= 0.6 is 0 Å². The van der Waals surface area contributed by atoms with Gasteiger partial charge in [0, 0.05) is 6.21 Å². The Morgan fingerprint density at radius 2 is 2.00 bits per heavy atom. The molecule has 0 aromatic heterocycles. The van der Waals surface area contributed by atoms with Gasteiger partial charge in [-0.1, -0.05) is 36.4 Å². The fourth-order valence-corrected chi connectivity index (χ4v) is 0.888. The van der Waals surface area contributed by atoms with Crippen LogP contribution in [0.25, 0.3) is 0 Å². The van der Waals surface area contributed by atoms with Gasteiger partial charge in [-0.05, 0) is 18.6 Å². The van der Waals surface area contributed by atoms with E-state index in [4.69, 9.17) is 0 Å². The third kappa shape index (κ3) is 3.15. The average molecular weight is 159 g/mol. The highest BCUT2D eigenvalue weighted by atomic mass is 14.7. The first-order valence-corrected chi connectivity index (χ1v) is 4.08. The number of benzene rings is 1. The summed E-state index contributed by atoms with van der Waals surface area (Å²) in [7, 11) is 0. The van der Waals surface area contributed by atoms with Crippen LogP contribution in [-0.2, 0) is 6.54 Å². The molecule has 0 heterocycles. The minimum absolute atomic E-state index is 0.769. The van der Waals surface area contributed by atoms with Gasteiger partial charge in [-0.3, -0.25) is 4.99 Å². The van der Waals surface area contributed by atoms with Crippen molar-refractivity contribution >= 4 is 6.21 Å². The summed E-state index contributed by atoms with van der Waals surface area (Å²) in [5, 5.41) is 0. The molecule has 0 fully saturated rings. The van der Waals surface area contributed by atoms with Crippen LogP contribution < -0.4 is 0 Å². The largest absolute Gasteiger partial charge is 0.288 e. The molecule has 0 aliphatic heterocycles. The summed E-state index contributed by atoms with van der Waals surface area (Å²) in [5.41, 5.74) is 1.25. The summed E-state index contributed by atoms with van der Waals surface area (Å²) in [6.45, 7) is 2.75. The zero-order valence-corrected chi connectivity index (χ0v) is 7.27. The maximum Gasteiger partial charge on any atom is 0.0639 e. The minimum atomic E-state index is 0.769. The van der Waals surface area contributed by atoms with E-state index >= 15 is 0 Å². The lowest BCUT2D eigenvalue weighted by molar-refractivity contribution is 1.08. The second kappa shape index (κ2) is 5.30. The Balaban J connectivity index is 2.43. The third-order valence-electron chi connectivity index (χ3n) is 1.50. The smallest absolute Gasteiger partial charge is 0.0639 e. The Morgan fingerprint density at radius 1 is 1.25 bits per heavy atom. The molecule has 0 unspecified atom stereocenters. The average Bonchev–Trinajstić information content (AvgIpc) is 2.14. The molecule has 0 spiro atoms. The first-order chi connectivity index (χ1) is 5.93. The van der Waals surface area contributed by atoms with Crippen molar-refractivity contribution in [1.82, 2.24) is 0 Å². The van der Waals surface area contributed by atoms with Crippen molar-refractivity contribution in [2.75, 3.05) is 0 Å². The predicted molar refractivity (Wildman–Crippen MR) is 53.5 cm³/mol. The molecule has 0 radical (unpaired) electrons. The summed E-state index contributed by atoms with van der Waals surface area (Å²) in [6, 6.07) is 10.2. The predicted octanol–water partition coefficient (Wildman–Crippen LogP) is 2.83. The molecule has 0 N–H and O–H groups in total. The number of hydrogen-bond acceptors (Lipinski definition) is 1. The van der Waals surface area contributed by atoms with Crippen molar-refractivity contribution in [1.29, 1.82) is 0 Å². The summed E-state index contributed by atoms with van der Waals surface area (Å²) < 4.78 is 0. The highest BCUT2D eigenvalue weighted by molar-refractivity contribution is 5.70. The van der Waals surface area contributed by atoms with E-state index in [2.05, 4.69) is 17.1 Å². The van der Waals surface area contributed by atoms with Crippen LogP contribution in [0.15, 0.2) is 47.5 Å². The van der Waals surface area contributed by atoms with Gasteiger partial charge in [0.15, 0.2) is 0 Å². The SMILES string of the molecule is C/C=C/C=N/Cc1ccccc1. The molecule has 0 aliphatic carbocycles. The molecule has 1 nitrogen and oxygen atoms in total. The van der Waals surface area contributed by atoms with Crippen LogP contribution in [0.5, 0.6) is 0 Å². The maximum atomic E-state index is 4.22. The number of nitrogens with zero attached hydrogens (tertiary/aromatic N) is 1. The van der Waals surface area contributed by atoms with Crippen molar-refractivity contribution in [3.05, 3.63) is 48.0 Å². The van der Waals surface area contributed by atoms with Crippen LogP contribution in [0.2, 0.25) is 0 Å². The van der Waals surface area contributed by atoms with Crippen molar-refractivity contribution < 1.29 is 0 Å².